The van der Waals surface area contributed by atoms with Crippen molar-refractivity contribution in [2.24, 2.45) is 10.2 Å². The van der Waals surface area contributed by atoms with E-state index in [0.717, 1.165) is 9.87 Å². The fourth-order valence-electron chi connectivity index (χ4n) is 3.27. The predicted molar refractivity (Wildman–Crippen MR) is 127 cm³/mol. The Morgan fingerprint density at radius 1 is 1.03 bits per heavy atom. The summed E-state index contributed by atoms with van der Waals surface area (Å²) in [4.78, 5) is 15.5. The van der Waals surface area contributed by atoms with Gasteiger partial charge in [0.15, 0.2) is 5.69 Å². The van der Waals surface area contributed by atoms with Gasteiger partial charge in [-0.15, -0.1) is 10.2 Å². The van der Waals surface area contributed by atoms with E-state index in [-0.39, 0.29) is 27.2 Å². The Labute approximate surface area is 195 Å². The summed E-state index contributed by atoms with van der Waals surface area (Å²) in [5.74, 6) is -1.08. The van der Waals surface area contributed by atoms with Crippen LogP contribution in [0.4, 0.5) is 11.4 Å². The number of aryl methyl sites for hydroxylation is 1. The van der Waals surface area contributed by atoms with Gasteiger partial charge in [0.05, 0.1) is 21.1 Å². The second-order valence-electron chi connectivity index (χ2n) is 7.24. The number of para-hydroxylation sites is 2. The molecule has 4 rings (SSSR count). The van der Waals surface area contributed by atoms with E-state index in [1.165, 1.54) is 24.3 Å². The van der Waals surface area contributed by atoms with Gasteiger partial charge in [0.25, 0.3) is 15.9 Å². The molecule has 3 aromatic carbocycles. The standard InChI is InChI=1S/C23H19ClN4O4S/c1-15-10-12-16(13-11-15)33(31,32)28(20-9-5-3-7-18(20)24)14-21(29)26-27-22-17-6-2-4-8-19(17)25-23(22)30/h2-13,25,30H,14H2,1H3. The number of rotatable bonds is 6. The molecule has 1 aromatic heterocycles. The summed E-state index contributed by atoms with van der Waals surface area (Å²) in [6.45, 7) is 1.21. The third-order valence-corrected chi connectivity index (χ3v) is 7.02. The van der Waals surface area contributed by atoms with Crippen molar-refractivity contribution in [3.63, 3.8) is 0 Å². The molecule has 33 heavy (non-hydrogen) atoms. The van der Waals surface area contributed by atoms with Gasteiger partial charge >= 0.3 is 0 Å². The maximum atomic E-state index is 13.4. The molecule has 168 valence electrons. The number of H-pyrrole nitrogens is 1. The summed E-state index contributed by atoms with van der Waals surface area (Å²) in [6, 6.07) is 19.6. The van der Waals surface area contributed by atoms with Gasteiger partial charge < -0.3 is 10.1 Å². The van der Waals surface area contributed by atoms with E-state index in [2.05, 4.69) is 15.2 Å². The molecule has 10 heteroatoms. The van der Waals surface area contributed by atoms with Gasteiger partial charge in [0.1, 0.15) is 6.54 Å². The minimum atomic E-state index is -4.13. The number of amides is 1. The van der Waals surface area contributed by atoms with Crippen LogP contribution in [0.5, 0.6) is 5.88 Å². The molecule has 0 aliphatic heterocycles. The number of hydrogen-bond acceptors (Lipinski definition) is 5. The molecule has 4 aromatic rings. The Bertz CT molecular complexity index is 1460. The third-order valence-electron chi connectivity index (χ3n) is 4.93. The Morgan fingerprint density at radius 3 is 2.42 bits per heavy atom. The number of aromatic amines is 1. The first kappa shape index (κ1) is 22.5. The van der Waals surface area contributed by atoms with Crippen LogP contribution in [0.15, 0.2) is 87.9 Å². The van der Waals surface area contributed by atoms with Crippen molar-refractivity contribution in [1.29, 1.82) is 0 Å². The van der Waals surface area contributed by atoms with Crippen LogP contribution in [0.2, 0.25) is 5.02 Å². The zero-order valence-electron chi connectivity index (χ0n) is 17.4. The summed E-state index contributed by atoms with van der Waals surface area (Å²) < 4.78 is 27.7. The van der Waals surface area contributed by atoms with Crippen LogP contribution in [0.25, 0.3) is 10.9 Å². The number of sulfonamides is 1. The lowest BCUT2D eigenvalue weighted by atomic mass is 10.2. The van der Waals surface area contributed by atoms with Gasteiger partial charge in [-0.1, -0.05) is 59.6 Å². The fraction of sp³-hybridized carbons (Fsp3) is 0.0870. The second kappa shape index (κ2) is 9.05. The largest absolute Gasteiger partial charge is 0.493 e. The summed E-state index contributed by atoms with van der Waals surface area (Å²) >= 11 is 6.26. The normalized spacial score (nSPS) is 11.8. The van der Waals surface area contributed by atoms with Crippen LogP contribution in [0.3, 0.4) is 0 Å². The highest BCUT2D eigenvalue weighted by atomic mass is 35.5. The smallest absolute Gasteiger partial charge is 0.285 e. The number of azo groups is 1. The molecule has 0 aliphatic carbocycles. The van der Waals surface area contributed by atoms with Crippen LogP contribution in [-0.4, -0.2) is 31.0 Å². The van der Waals surface area contributed by atoms with Crippen molar-refractivity contribution in [2.75, 3.05) is 10.8 Å². The van der Waals surface area contributed by atoms with Crippen molar-refractivity contribution in [2.45, 2.75) is 11.8 Å². The summed E-state index contributed by atoms with van der Waals surface area (Å²) in [6.07, 6.45) is 0. The van der Waals surface area contributed by atoms with Crippen LogP contribution in [0, 0.1) is 6.92 Å². The van der Waals surface area contributed by atoms with Crippen LogP contribution in [-0.2, 0) is 14.8 Å². The van der Waals surface area contributed by atoms with Crippen molar-refractivity contribution >= 4 is 49.8 Å². The number of carbonyl (C=O) groups is 1. The summed E-state index contributed by atoms with van der Waals surface area (Å²) in [5.41, 5.74) is 1.74. The number of aromatic hydroxyl groups is 1. The molecule has 1 heterocycles. The van der Waals surface area contributed by atoms with Gasteiger partial charge in [-0.25, -0.2) is 8.42 Å². The number of anilines is 1. The van der Waals surface area contributed by atoms with E-state index in [9.17, 15) is 18.3 Å². The molecule has 0 saturated carbocycles. The molecule has 0 spiro atoms. The van der Waals surface area contributed by atoms with Crippen LogP contribution >= 0.6 is 11.6 Å². The molecule has 0 saturated heterocycles. The maximum absolute atomic E-state index is 13.4. The first-order valence-corrected chi connectivity index (χ1v) is 11.7. The van der Waals surface area contributed by atoms with Gasteiger partial charge in [-0.05, 0) is 37.3 Å². The summed E-state index contributed by atoms with van der Waals surface area (Å²) in [7, 11) is -4.13. The minimum absolute atomic E-state index is 0.00651. The van der Waals surface area contributed by atoms with E-state index in [1.54, 1.807) is 48.5 Å². The number of halogens is 1. The molecule has 0 fully saturated rings. The molecule has 0 bridgehead atoms. The van der Waals surface area contributed by atoms with E-state index < -0.39 is 22.5 Å². The molecule has 0 radical (unpaired) electrons. The van der Waals surface area contributed by atoms with Crippen molar-refractivity contribution in [3.8, 4) is 5.88 Å². The molecular formula is C23H19ClN4O4S. The van der Waals surface area contributed by atoms with Gasteiger partial charge in [-0.3, -0.25) is 9.10 Å². The van der Waals surface area contributed by atoms with Gasteiger partial charge in [-0.2, -0.15) is 0 Å². The lowest BCUT2D eigenvalue weighted by Gasteiger charge is -2.24. The maximum Gasteiger partial charge on any atom is 0.285 e. The highest BCUT2D eigenvalue weighted by Crippen LogP contribution is 2.35. The van der Waals surface area contributed by atoms with E-state index in [1.807, 2.05) is 6.92 Å². The number of nitrogens with one attached hydrogen (secondary N) is 1. The minimum Gasteiger partial charge on any atom is -0.493 e. The zero-order chi connectivity index (χ0) is 23.6. The average Bonchev–Trinajstić information content (AvgIpc) is 3.11. The monoisotopic (exact) mass is 482 g/mol. The van der Waals surface area contributed by atoms with Crippen molar-refractivity contribution in [1.82, 2.24) is 4.98 Å². The van der Waals surface area contributed by atoms with E-state index >= 15 is 0 Å². The van der Waals surface area contributed by atoms with E-state index in [0.29, 0.717) is 10.9 Å². The number of carbonyl (C=O) groups excluding carboxylic acids is 1. The highest BCUT2D eigenvalue weighted by Gasteiger charge is 2.28. The first-order valence-electron chi connectivity index (χ1n) is 9.85. The Balaban J connectivity index is 1.69. The number of aromatic nitrogens is 1. The van der Waals surface area contributed by atoms with Crippen LogP contribution in [0.1, 0.15) is 5.56 Å². The third kappa shape index (κ3) is 4.59. The summed E-state index contributed by atoms with van der Waals surface area (Å²) in [5, 5.41) is 18.3. The number of fused-ring (bicyclic) bond motifs is 1. The molecular weight excluding hydrogens is 464 g/mol. The van der Waals surface area contributed by atoms with Gasteiger partial charge in [0.2, 0.25) is 5.88 Å². The number of nitrogens with zero attached hydrogens (tertiary/aromatic N) is 3. The molecule has 0 aliphatic rings. The quantitative estimate of drug-likeness (QED) is 0.361. The molecule has 8 nitrogen and oxygen atoms in total. The zero-order valence-corrected chi connectivity index (χ0v) is 19.0. The van der Waals surface area contributed by atoms with Crippen LogP contribution < -0.4 is 4.31 Å². The number of hydrogen-bond donors (Lipinski definition) is 2. The Hall–Kier alpha value is -3.69. The lowest BCUT2D eigenvalue weighted by molar-refractivity contribution is -0.116. The molecule has 0 unspecified atom stereocenters. The number of benzene rings is 3. The molecule has 1 amide bonds. The highest BCUT2D eigenvalue weighted by molar-refractivity contribution is 7.92. The average molecular weight is 483 g/mol. The first-order chi connectivity index (χ1) is 15.8. The fourth-order valence-corrected chi connectivity index (χ4v) is 4.99. The van der Waals surface area contributed by atoms with Crippen molar-refractivity contribution < 1.29 is 18.3 Å². The van der Waals surface area contributed by atoms with E-state index in [4.69, 9.17) is 11.6 Å². The Kier molecular flexibility index (Phi) is 6.17. The van der Waals surface area contributed by atoms with Gasteiger partial charge in [0, 0.05) is 5.39 Å². The predicted octanol–water partition coefficient (Wildman–Crippen LogP) is 5.34. The Morgan fingerprint density at radius 2 is 1.70 bits per heavy atom. The SMILES string of the molecule is Cc1ccc(S(=O)(=O)N(CC(=O)N=Nc2c(O)[nH]c3ccccc23)c2ccccc2Cl)cc1. The molecule has 2 N–H and O–H groups in total. The topological polar surface area (TPSA) is 115 Å². The molecule has 0 atom stereocenters. The lowest BCUT2D eigenvalue weighted by Crippen LogP contribution is -2.35. The second-order valence-corrected chi connectivity index (χ2v) is 9.51. The van der Waals surface area contributed by atoms with Crippen molar-refractivity contribution in [3.05, 3.63) is 83.4 Å².